The number of hydrogen-bond donors (Lipinski definition) is 0. The zero-order valence-electron chi connectivity index (χ0n) is 33.9. The van der Waals surface area contributed by atoms with Crippen molar-refractivity contribution in [2.75, 3.05) is 0 Å². The molecule has 0 N–H and O–H groups in total. The maximum absolute atomic E-state index is 5.47. The predicted octanol–water partition coefficient (Wildman–Crippen LogP) is 16.6. The van der Waals surface area contributed by atoms with E-state index < -0.39 is 0 Å². The summed E-state index contributed by atoms with van der Waals surface area (Å²) in [6, 6.07) is 76.8. The molecule has 0 atom stereocenters. The molecule has 13 rings (SSSR count). The third-order valence-electron chi connectivity index (χ3n) is 12.4. The van der Waals surface area contributed by atoms with Gasteiger partial charge in [0.25, 0.3) is 0 Å². The number of aromatic nitrogens is 3. The van der Waals surface area contributed by atoms with E-state index in [0.717, 1.165) is 44.8 Å². The van der Waals surface area contributed by atoms with Crippen molar-refractivity contribution in [3.8, 4) is 61.8 Å². The molecule has 294 valence electrons. The normalized spacial score (nSPS) is 11.8. The van der Waals surface area contributed by atoms with E-state index in [4.69, 9.17) is 9.97 Å². The van der Waals surface area contributed by atoms with Crippen LogP contribution in [-0.2, 0) is 0 Å². The number of benzene rings is 9. The first-order chi connectivity index (χ1) is 31.2. The first kappa shape index (κ1) is 36.0. The highest BCUT2D eigenvalue weighted by molar-refractivity contribution is 7.26. The van der Waals surface area contributed by atoms with Crippen molar-refractivity contribution >= 4 is 84.8 Å². The number of fused-ring (bicyclic) bond motifs is 9. The van der Waals surface area contributed by atoms with Crippen LogP contribution in [0.4, 0.5) is 0 Å². The van der Waals surface area contributed by atoms with Gasteiger partial charge in [-0.25, -0.2) is 9.97 Å². The van der Waals surface area contributed by atoms with Gasteiger partial charge in [0.05, 0.1) is 28.1 Å². The van der Waals surface area contributed by atoms with Crippen molar-refractivity contribution in [1.82, 2.24) is 14.5 Å². The molecule has 0 saturated heterocycles. The maximum atomic E-state index is 5.47. The molecule has 0 unspecified atom stereocenters. The van der Waals surface area contributed by atoms with Gasteiger partial charge in [-0.15, -0.1) is 22.7 Å². The summed E-state index contributed by atoms with van der Waals surface area (Å²) in [5.41, 5.74) is 12.7. The molecule has 0 bridgehead atoms. The van der Waals surface area contributed by atoms with Gasteiger partial charge < -0.3 is 4.57 Å². The summed E-state index contributed by atoms with van der Waals surface area (Å²) in [5, 5.41) is 7.55. The van der Waals surface area contributed by atoms with Crippen LogP contribution in [0.1, 0.15) is 0 Å². The van der Waals surface area contributed by atoms with Crippen molar-refractivity contribution in [2.24, 2.45) is 0 Å². The molecule has 0 aliphatic carbocycles. The van der Waals surface area contributed by atoms with Crippen LogP contribution in [0.5, 0.6) is 0 Å². The standard InChI is InChI=1S/C58H35N3S2/c1-4-14-36(15-5-1)55-57(56(37-16-6-2-7-17-37)60-58(59-55)38-18-8-3-9-19-38)61-49-28-24-39(41-26-30-53-47(34-41)43-20-10-12-22-51(43)62-53)32-45(49)46-33-40(25-29-50(46)61)42-27-31-54-48(35-42)44-21-11-13-23-52(44)63-54/h1-35H. The number of thiophene rings is 2. The quantitative estimate of drug-likeness (QED) is 0.167. The van der Waals surface area contributed by atoms with Crippen LogP contribution >= 0.6 is 22.7 Å². The van der Waals surface area contributed by atoms with Crippen molar-refractivity contribution in [2.45, 2.75) is 0 Å². The Bertz CT molecular complexity index is 3670. The molecule has 4 aromatic heterocycles. The highest BCUT2D eigenvalue weighted by atomic mass is 32.1. The van der Waals surface area contributed by atoms with E-state index in [9.17, 15) is 0 Å². The Morgan fingerprint density at radius 1 is 0.286 bits per heavy atom. The lowest BCUT2D eigenvalue weighted by Gasteiger charge is -2.19. The summed E-state index contributed by atoms with van der Waals surface area (Å²) in [6.45, 7) is 0. The van der Waals surface area contributed by atoms with Gasteiger partial charge in [-0.1, -0.05) is 152 Å². The van der Waals surface area contributed by atoms with Crippen LogP contribution in [0.3, 0.4) is 0 Å². The van der Waals surface area contributed by atoms with Crippen LogP contribution in [0.2, 0.25) is 0 Å². The van der Waals surface area contributed by atoms with Gasteiger partial charge in [-0.05, 0) is 82.9 Å². The Morgan fingerprint density at radius 3 is 1.11 bits per heavy atom. The molecular weight excluding hydrogens is 803 g/mol. The Kier molecular flexibility index (Phi) is 8.26. The second-order valence-electron chi connectivity index (χ2n) is 16.1. The molecule has 0 aliphatic rings. The summed E-state index contributed by atoms with van der Waals surface area (Å²) in [5.74, 6) is 0.690. The summed E-state index contributed by atoms with van der Waals surface area (Å²) in [4.78, 5) is 10.9. The Balaban J connectivity index is 1.11. The molecule has 5 heteroatoms. The second-order valence-corrected chi connectivity index (χ2v) is 18.3. The second kappa shape index (κ2) is 14.5. The first-order valence-electron chi connectivity index (χ1n) is 21.2. The monoisotopic (exact) mass is 837 g/mol. The molecule has 0 spiro atoms. The summed E-state index contributed by atoms with van der Waals surface area (Å²) in [7, 11) is 0. The minimum Gasteiger partial charge on any atom is -0.305 e. The molecule has 63 heavy (non-hydrogen) atoms. The van der Waals surface area contributed by atoms with E-state index in [2.05, 4.69) is 211 Å². The zero-order valence-corrected chi connectivity index (χ0v) is 35.5. The molecule has 13 aromatic rings. The maximum Gasteiger partial charge on any atom is 0.160 e. The zero-order chi connectivity index (χ0) is 41.4. The van der Waals surface area contributed by atoms with E-state index in [1.807, 2.05) is 28.7 Å². The fourth-order valence-corrected chi connectivity index (χ4v) is 11.6. The third-order valence-corrected chi connectivity index (χ3v) is 14.7. The van der Waals surface area contributed by atoms with Gasteiger partial charge in [0.15, 0.2) is 5.82 Å². The summed E-state index contributed by atoms with van der Waals surface area (Å²) >= 11 is 3.71. The van der Waals surface area contributed by atoms with Crippen LogP contribution in [-0.4, -0.2) is 14.5 Å². The number of hydrogen-bond acceptors (Lipinski definition) is 4. The molecule has 0 amide bonds. The van der Waals surface area contributed by atoms with Gasteiger partial charge in [0, 0.05) is 67.8 Å². The SMILES string of the molecule is c1ccc(-c2nc(-c3ccccc3)c(-n3c4ccc(-c5ccc6sc7ccccc7c6c5)cc4c4cc(-c5ccc6sc7ccccc7c6c5)ccc43)c(-c3ccccc3)n2)cc1. The van der Waals surface area contributed by atoms with Crippen LogP contribution in [0.15, 0.2) is 212 Å². The molecule has 0 aliphatic heterocycles. The van der Waals surface area contributed by atoms with Gasteiger partial charge in [0.1, 0.15) is 0 Å². The van der Waals surface area contributed by atoms with Crippen molar-refractivity contribution < 1.29 is 0 Å². The van der Waals surface area contributed by atoms with E-state index in [1.54, 1.807) is 0 Å². The van der Waals surface area contributed by atoms with E-state index in [-0.39, 0.29) is 0 Å². The van der Waals surface area contributed by atoms with E-state index in [1.165, 1.54) is 73.4 Å². The van der Waals surface area contributed by atoms with Crippen molar-refractivity contribution in [1.29, 1.82) is 0 Å². The Labute approximate surface area is 371 Å². The van der Waals surface area contributed by atoms with Gasteiger partial charge in [-0.3, -0.25) is 0 Å². The summed E-state index contributed by atoms with van der Waals surface area (Å²) < 4.78 is 7.65. The smallest absolute Gasteiger partial charge is 0.160 e. The lowest BCUT2D eigenvalue weighted by atomic mass is 9.98. The minimum absolute atomic E-state index is 0.690. The van der Waals surface area contributed by atoms with Crippen LogP contribution in [0.25, 0.3) is 124 Å². The van der Waals surface area contributed by atoms with E-state index in [0.29, 0.717) is 5.82 Å². The lowest BCUT2D eigenvalue weighted by molar-refractivity contribution is 1.09. The molecule has 4 heterocycles. The van der Waals surface area contributed by atoms with E-state index >= 15 is 0 Å². The van der Waals surface area contributed by atoms with Crippen LogP contribution < -0.4 is 0 Å². The largest absolute Gasteiger partial charge is 0.305 e. The summed E-state index contributed by atoms with van der Waals surface area (Å²) in [6.07, 6.45) is 0. The first-order valence-corrected chi connectivity index (χ1v) is 22.9. The van der Waals surface area contributed by atoms with Crippen molar-refractivity contribution in [3.63, 3.8) is 0 Å². The fraction of sp³-hybridized carbons (Fsp3) is 0. The topological polar surface area (TPSA) is 30.7 Å². The molecule has 3 nitrogen and oxygen atoms in total. The lowest BCUT2D eigenvalue weighted by Crippen LogP contribution is -2.06. The Morgan fingerprint density at radius 2 is 0.651 bits per heavy atom. The molecular formula is C58H35N3S2. The Hall–Kier alpha value is -7.70. The highest BCUT2D eigenvalue weighted by Crippen LogP contribution is 2.44. The number of nitrogens with zero attached hydrogens (tertiary/aromatic N) is 3. The average molecular weight is 838 g/mol. The average Bonchev–Trinajstić information content (AvgIpc) is 4.03. The van der Waals surface area contributed by atoms with Gasteiger partial charge in [-0.2, -0.15) is 0 Å². The fourth-order valence-electron chi connectivity index (χ4n) is 9.41. The molecule has 0 fully saturated rings. The molecule has 0 saturated carbocycles. The molecule has 9 aromatic carbocycles. The molecule has 0 radical (unpaired) electrons. The van der Waals surface area contributed by atoms with Gasteiger partial charge >= 0.3 is 0 Å². The van der Waals surface area contributed by atoms with Gasteiger partial charge in [0.2, 0.25) is 0 Å². The number of rotatable bonds is 6. The highest BCUT2D eigenvalue weighted by Gasteiger charge is 2.25. The predicted molar refractivity (Wildman–Crippen MR) is 269 cm³/mol. The van der Waals surface area contributed by atoms with Crippen LogP contribution in [0, 0.1) is 0 Å². The third kappa shape index (κ3) is 5.93. The van der Waals surface area contributed by atoms with Crippen molar-refractivity contribution in [3.05, 3.63) is 212 Å². The minimum atomic E-state index is 0.690.